The van der Waals surface area contributed by atoms with Crippen molar-refractivity contribution in [1.82, 2.24) is 5.32 Å². The van der Waals surface area contributed by atoms with Gasteiger partial charge in [-0.15, -0.1) is 11.3 Å². The fourth-order valence-corrected chi connectivity index (χ4v) is 5.17. The van der Waals surface area contributed by atoms with E-state index >= 15 is 0 Å². The van der Waals surface area contributed by atoms with E-state index in [-0.39, 0.29) is 30.4 Å². The SMILES string of the molecule is Cc1cc(O[C@H](CC(C)(C)C)c2ccc(C(=O)NCCC(=O)O)s2)cc(C)c1-c1ccc(C(F)(F)F)cc1. The molecular weight excluding hydrogens is 515 g/mol. The number of ether oxygens (including phenoxy) is 1. The molecule has 1 amide bonds. The third kappa shape index (κ3) is 7.84. The lowest BCUT2D eigenvalue weighted by Gasteiger charge is -2.27. The second-order valence-electron chi connectivity index (χ2n) is 10.5. The molecule has 5 nitrogen and oxygen atoms in total. The van der Waals surface area contributed by atoms with Gasteiger partial charge in [0.2, 0.25) is 0 Å². The zero-order chi connectivity index (χ0) is 28.3. The summed E-state index contributed by atoms with van der Waals surface area (Å²) in [5.41, 5.74) is 2.53. The molecule has 3 aromatic rings. The van der Waals surface area contributed by atoms with Crippen molar-refractivity contribution in [2.75, 3.05) is 6.54 Å². The molecule has 0 saturated carbocycles. The molecule has 1 heterocycles. The third-order valence-corrected chi connectivity index (χ3v) is 7.05. The van der Waals surface area contributed by atoms with E-state index in [9.17, 15) is 22.8 Å². The van der Waals surface area contributed by atoms with Crippen LogP contribution in [0.5, 0.6) is 5.75 Å². The van der Waals surface area contributed by atoms with E-state index in [4.69, 9.17) is 9.84 Å². The van der Waals surface area contributed by atoms with Gasteiger partial charge in [-0.05, 0) is 84.3 Å². The third-order valence-electron chi connectivity index (χ3n) is 5.88. The second kappa shape index (κ2) is 11.6. The van der Waals surface area contributed by atoms with Gasteiger partial charge < -0.3 is 15.2 Å². The number of hydrogen-bond donors (Lipinski definition) is 2. The Morgan fingerprint density at radius 2 is 1.61 bits per heavy atom. The average molecular weight is 548 g/mol. The fraction of sp³-hybridized carbons (Fsp3) is 0.379. The van der Waals surface area contributed by atoms with Gasteiger partial charge in [0.05, 0.1) is 16.9 Å². The van der Waals surface area contributed by atoms with Gasteiger partial charge in [0.1, 0.15) is 11.9 Å². The van der Waals surface area contributed by atoms with Gasteiger partial charge >= 0.3 is 12.1 Å². The van der Waals surface area contributed by atoms with E-state index in [1.165, 1.54) is 23.5 Å². The fourth-order valence-electron chi connectivity index (χ4n) is 4.21. The van der Waals surface area contributed by atoms with Crippen molar-refractivity contribution in [3.05, 3.63) is 75.0 Å². The predicted octanol–water partition coefficient (Wildman–Crippen LogP) is 7.81. The van der Waals surface area contributed by atoms with Crippen LogP contribution in [0.25, 0.3) is 11.1 Å². The zero-order valence-corrected chi connectivity index (χ0v) is 22.8. The highest BCUT2D eigenvalue weighted by Crippen LogP contribution is 2.39. The normalized spacial score (nSPS) is 12.7. The first-order valence-electron chi connectivity index (χ1n) is 12.2. The molecule has 38 heavy (non-hydrogen) atoms. The number of hydrogen-bond acceptors (Lipinski definition) is 4. The lowest BCUT2D eigenvalue weighted by Crippen LogP contribution is -2.25. The van der Waals surface area contributed by atoms with Crippen LogP contribution in [0.2, 0.25) is 0 Å². The molecule has 1 atom stereocenters. The molecule has 0 saturated heterocycles. The van der Waals surface area contributed by atoms with E-state index < -0.39 is 17.7 Å². The van der Waals surface area contributed by atoms with Gasteiger partial charge in [-0.2, -0.15) is 13.2 Å². The van der Waals surface area contributed by atoms with Crippen LogP contribution in [0.3, 0.4) is 0 Å². The number of benzene rings is 2. The Bertz CT molecular complexity index is 1270. The monoisotopic (exact) mass is 547 g/mol. The number of rotatable bonds is 9. The molecule has 9 heteroatoms. The molecule has 3 rings (SSSR count). The van der Waals surface area contributed by atoms with Crippen molar-refractivity contribution >= 4 is 23.2 Å². The summed E-state index contributed by atoms with van der Waals surface area (Å²) in [4.78, 5) is 24.5. The number of amides is 1. The Labute approximate surface area is 224 Å². The van der Waals surface area contributed by atoms with Crippen molar-refractivity contribution in [3.63, 3.8) is 0 Å². The first-order chi connectivity index (χ1) is 17.6. The van der Waals surface area contributed by atoms with E-state index in [2.05, 4.69) is 26.1 Å². The number of carbonyl (C=O) groups is 2. The molecule has 1 aromatic heterocycles. The number of nitrogens with one attached hydrogen (secondary N) is 1. The molecule has 2 aromatic carbocycles. The minimum absolute atomic E-state index is 0.0488. The summed E-state index contributed by atoms with van der Waals surface area (Å²) in [6.45, 7) is 10.1. The Morgan fingerprint density at radius 3 is 2.13 bits per heavy atom. The summed E-state index contributed by atoms with van der Waals surface area (Å²) in [6.07, 6.45) is -4.20. The number of carboxylic acid groups (broad SMARTS) is 1. The highest BCUT2D eigenvalue weighted by Gasteiger charge is 2.30. The Morgan fingerprint density at radius 1 is 1.00 bits per heavy atom. The van der Waals surface area contributed by atoms with Gasteiger partial charge in [0.25, 0.3) is 5.91 Å². The van der Waals surface area contributed by atoms with E-state index in [1.807, 2.05) is 32.0 Å². The summed E-state index contributed by atoms with van der Waals surface area (Å²) in [5, 5.41) is 11.4. The van der Waals surface area contributed by atoms with Crippen LogP contribution in [0.15, 0.2) is 48.5 Å². The molecule has 0 bridgehead atoms. The molecule has 0 aliphatic carbocycles. The number of alkyl halides is 3. The van der Waals surface area contributed by atoms with Gasteiger partial charge in [-0.1, -0.05) is 32.9 Å². The van der Waals surface area contributed by atoms with Gasteiger partial charge in [-0.3, -0.25) is 9.59 Å². The van der Waals surface area contributed by atoms with E-state index in [0.717, 1.165) is 33.7 Å². The number of aryl methyl sites for hydroxylation is 2. The predicted molar refractivity (Wildman–Crippen MR) is 143 cm³/mol. The summed E-state index contributed by atoms with van der Waals surface area (Å²) in [6, 6.07) is 12.5. The van der Waals surface area contributed by atoms with Crippen LogP contribution >= 0.6 is 11.3 Å². The van der Waals surface area contributed by atoms with Gasteiger partial charge in [0, 0.05) is 11.4 Å². The van der Waals surface area contributed by atoms with Crippen LogP contribution < -0.4 is 10.1 Å². The maximum atomic E-state index is 13.0. The maximum absolute atomic E-state index is 13.0. The highest BCUT2D eigenvalue weighted by molar-refractivity contribution is 7.14. The lowest BCUT2D eigenvalue weighted by atomic mass is 9.88. The number of carboxylic acids is 1. The molecule has 0 fully saturated rings. The van der Waals surface area contributed by atoms with Crippen molar-refractivity contribution in [2.24, 2.45) is 5.41 Å². The first-order valence-corrected chi connectivity index (χ1v) is 13.0. The van der Waals surface area contributed by atoms with E-state index in [0.29, 0.717) is 22.6 Å². The number of halogens is 3. The van der Waals surface area contributed by atoms with Crippen LogP contribution in [0, 0.1) is 19.3 Å². The number of thiophene rings is 1. The Balaban J connectivity index is 1.85. The van der Waals surface area contributed by atoms with Crippen molar-refractivity contribution in [1.29, 1.82) is 0 Å². The van der Waals surface area contributed by atoms with E-state index in [1.54, 1.807) is 6.07 Å². The molecule has 2 N–H and O–H groups in total. The molecule has 0 aliphatic heterocycles. The van der Waals surface area contributed by atoms with Crippen molar-refractivity contribution in [2.45, 2.75) is 59.7 Å². The standard InChI is InChI=1S/C29H32F3NO4S/c1-17-14-21(15-18(2)26(17)19-6-8-20(9-7-19)29(30,31)32)37-22(16-28(3,4)5)23-10-11-24(38-23)27(36)33-13-12-25(34)35/h6-11,14-15,22H,12-13,16H2,1-5H3,(H,33,36)(H,34,35)/t22-/m1/s1. The van der Waals surface area contributed by atoms with Gasteiger partial charge in [0.15, 0.2) is 0 Å². The summed E-state index contributed by atoms with van der Waals surface area (Å²) in [7, 11) is 0. The van der Waals surface area contributed by atoms with Crippen LogP contribution in [-0.2, 0) is 11.0 Å². The molecule has 0 spiro atoms. The van der Waals surface area contributed by atoms with Crippen LogP contribution in [0.4, 0.5) is 13.2 Å². The molecule has 0 radical (unpaired) electrons. The minimum atomic E-state index is -4.39. The topological polar surface area (TPSA) is 75.6 Å². The average Bonchev–Trinajstić information content (AvgIpc) is 3.27. The molecular formula is C29H32F3NO4S. The maximum Gasteiger partial charge on any atom is 0.416 e. The highest BCUT2D eigenvalue weighted by atomic mass is 32.1. The number of carbonyl (C=O) groups excluding carboxylic acids is 1. The first kappa shape index (κ1) is 29.2. The minimum Gasteiger partial charge on any atom is -0.485 e. The lowest BCUT2D eigenvalue weighted by molar-refractivity contribution is -0.138. The second-order valence-corrected chi connectivity index (χ2v) is 11.6. The van der Waals surface area contributed by atoms with Crippen LogP contribution in [-0.4, -0.2) is 23.5 Å². The Hall–Kier alpha value is -3.33. The quantitative estimate of drug-likeness (QED) is 0.286. The number of aliphatic carboxylic acids is 1. The largest absolute Gasteiger partial charge is 0.485 e. The van der Waals surface area contributed by atoms with Crippen molar-refractivity contribution in [3.8, 4) is 16.9 Å². The zero-order valence-electron chi connectivity index (χ0n) is 22.0. The summed E-state index contributed by atoms with van der Waals surface area (Å²) < 4.78 is 45.4. The smallest absolute Gasteiger partial charge is 0.416 e. The van der Waals surface area contributed by atoms with Crippen LogP contribution in [0.1, 0.15) is 71.0 Å². The summed E-state index contributed by atoms with van der Waals surface area (Å²) in [5.74, 6) is -0.680. The summed E-state index contributed by atoms with van der Waals surface area (Å²) >= 11 is 1.30. The molecule has 204 valence electrons. The Kier molecular flexibility index (Phi) is 8.92. The molecule has 0 unspecified atom stereocenters. The van der Waals surface area contributed by atoms with Crippen molar-refractivity contribution < 1.29 is 32.6 Å². The molecule has 0 aliphatic rings. The van der Waals surface area contributed by atoms with Gasteiger partial charge in [-0.25, -0.2) is 0 Å².